The molecule has 0 saturated carbocycles. The molecule has 1 aromatic rings. The number of benzene rings is 1. The van der Waals surface area contributed by atoms with Gasteiger partial charge in [-0.1, -0.05) is 23.2 Å². The third kappa shape index (κ3) is 1.79. The zero-order valence-corrected chi connectivity index (χ0v) is 9.11. The van der Waals surface area contributed by atoms with Crippen molar-refractivity contribution in [2.75, 3.05) is 7.11 Å². The lowest BCUT2D eigenvalue weighted by Crippen LogP contribution is -2.04. The summed E-state index contributed by atoms with van der Waals surface area (Å²) in [5.74, 6) is -0.968. The second-order valence-electron chi connectivity index (χ2n) is 2.68. The van der Waals surface area contributed by atoms with Gasteiger partial charge in [0.05, 0.1) is 12.1 Å². The number of rotatable bonds is 2. The van der Waals surface area contributed by atoms with Crippen molar-refractivity contribution in [2.24, 2.45) is 0 Å². The van der Waals surface area contributed by atoms with Gasteiger partial charge in [-0.25, -0.2) is 4.79 Å². The van der Waals surface area contributed by atoms with Gasteiger partial charge in [0.25, 0.3) is 0 Å². The lowest BCUT2D eigenvalue weighted by Gasteiger charge is -2.10. The largest absolute Gasteiger partial charge is 0.494 e. The zero-order valence-electron chi connectivity index (χ0n) is 7.60. The van der Waals surface area contributed by atoms with Crippen molar-refractivity contribution >= 4 is 29.2 Å². The minimum absolute atomic E-state index is 0.00463. The van der Waals surface area contributed by atoms with Crippen LogP contribution in [0.1, 0.15) is 15.9 Å². The molecule has 1 N–H and O–H groups in total. The van der Waals surface area contributed by atoms with Gasteiger partial charge in [0.2, 0.25) is 0 Å². The van der Waals surface area contributed by atoms with E-state index in [1.54, 1.807) is 6.92 Å². The van der Waals surface area contributed by atoms with E-state index in [1.807, 2.05) is 0 Å². The first-order chi connectivity index (χ1) is 6.49. The molecule has 0 saturated heterocycles. The Kier molecular flexibility index (Phi) is 3.24. The first-order valence-electron chi connectivity index (χ1n) is 3.75. The minimum Gasteiger partial charge on any atom is -0.494 e. The van der Waals surface area contributed by atoms with Gasteiger partial charge in [0, 0.05) is 5.02 Å². The van der Waals surface area contributed by atoms with Gasteiger partial charge in [-0.15, -0.1) is 0 Å². The third-order valence-electron chi connectivity index (χ3n) is 1.85. The zero-order chi connectivity index (χ0) is 10.9. The molecule has 0 bridgehead atoms. The van der Waals surface area contributed by atoms with Crippen LogP contribution in [0.25, 0.3) is 0 Å². The maximum absolute atomic E-state index is 10.9. The molecule has 0 heterocycles. The highest BCUT2D eigenvalue weighted by molar-refractivity contribution is 6.36. The smallest absolute Gasteiger partial charge is 0.339 e. The molecular formula is C9H8Cl2O3. The molecule has 14 heavy (non-hydrogen) atoms. The number of ether oxygens (including phenoxy) is 1. The minimum atomic E-state index is -1.11. The summed E-state index contributed by atoms with van der Waals surface area (Å²) in [4.78, 5) is 10.9. The van der Waals surface area contributed by atoms with Crippen molar-refractivity contribution in [1.82, 2.24) is 0 Å². The highest BCUT2D eigenvalue weighted by Gasteiger charge is 2.19. The van der Waals surface area contributed by atoms with Gasteiger partial charge >= 0.3 is 5.97 Å². The van der Waals surface area contributed by atoms with Crippen LogP contribution in [-0.4, -0.2) is 18.2 Å². The third-order valence-corrected chi connectivity index (χ3v) is 2.52. The number of aromatic carboxylic acids is 1. The molecule has 3 nitrogen and oxygen atoms in total. The van der Waals surface area contributed by atoms with Crippen LogP contribution in [-0.2, 0) is 0 Å². The molecule has 1 aromatic carbocycles. The summed E-state index contributed by atoms with van der Waals surface area (Å²) >= 11 is 11.6. The van der Waals surface area contributed by atoms with Crippen LogP contribution in [0.2, 0.25) is 10.0 Å². The average molecular weight is 235 g/mol. The Morgan fingerprint density at radius 3 is 2.43 bits per heavy atom. The highest BCUT2D eigenvalue weighted by Crippen LogP contribution is 2.35. The molecule has 0 amide bonds. The monoisotopic (exact) mass is 234 g/mol. The summed E-state index contributed by atoms with van der Waals surface area (Å²) in [7, 11) is 1.36. The fraction of sp³-hybridized carbons (Fsp3) is 0.222. The molecule has 0 aliphatic rings. The second kappa shape index (κ2) is 4.07. The number of hydrogen-bond acceptors (Lipinski definition) is 2. The number of carboxylic acid groups (broad SMARTS) is 1. The molecule has 0 radical (unpaired) electrons. The second-order valence-corrected chi connectivity index (χ2v) is 3.49. The van der Waals surface area contributed by atoms with E-state index in [-0.39, 0.29) is 16.3 Å². The number of carbonyl (C=O) groups is 1. The van der Waals surface area contributed by atoms with E-state index in [1.165, 1.54) is 13.2 Å². The van der Waals surface area contributed by atoms with E-state index >= 15 is 0 Å². The van der Waals surface area contributed by atoms with Gasteiger partial charge < -0.3 is 9.84 Å². The van der Waals surface area contributed by atoms with Crippen molar-refractivity contribution in [2.45, 2.75) is 6.92 Å². The first-order valence-corrected chi connectivity index (χ1v) is 4.50. The molecule has 5 heteroatoms. The van der Waals surface area contributed by atoms with Crippen LogP contribution in [0.5, 0.6) is 5.75 Å². The Morgan fingerprint density at radius 2 is 2.00 bits per heavy atom. The topological polar surface area (TPSA) is 46.5 Å². The number of methoxy groups -OCH3 is 1. The molecule has 76 valence electrons. The molecule has 0 unspecified atom stereocenters. The van der Waals surface area contributed by atoms with Crippen LogP contribution in [0.4, 0.5) is 0 Å². The molecule has 0 atom stereocenters. The van der Waals surface area contributed by atoms with Crippen LogP contribution in [0.15, 0.2) is 6.07 Å². The van der Waals surface area contributed by atoms with Crippen molar-refractivity contribution in [1.29, 1.82) is 0 Å². The molecular weight excluding hydrogens is 227 g/mol. The fourth-order valence-corrected chi connectivity index (χ4v) is 1.69. The van der Waals surface area contributed by atoms with Crippen molar-refractivity contribution in [3.05, 3.63) is 27.2 Å². The fourth-order valence-electron chi connectivity index (χ4n) is 1.15. The molecule has 1 rings (SSSR count). The van der Waals surface area contributed by atoms with Crippen molar-refractivity contribution < 1.29 is 14.6 Å². The summed E-state index contributed by atoms with van der Waals surface area (Å²) in [6.07, 6.45) is 0. The van der Waals surface area contributed by atoms with Crippen LogP contribution in [0, 0.1) is 6.92 Å². The Hall–Kier alpha value is -0.930. The molecule has 0 aliphatic heterocycles. The molecule has 0 aromatic heterocycles. The maximum Gasteiger partial charge on any atom is 0.339 e. The van der Waals surface area contributed by atoms with E-state index in [4.69, 9.17) is 33.0 Å². The Morgan fingerprint density at radius 1 is 1.43 bits per heavy atom. The van der Waals surface area contributed by atoms with Crippen molar-refractivity contribution in [3.63, 3.8) is 0 Å². The predicted molar refractivity (Wildman–Crippen MR) is 54.7 cm³/mol. The lowest BCUT2D eigenvalue weighted by atomic mass is 10.1. The number of halogens is 2. The normalized spacial score (nSPS) is 10.0. The SMILES string of the molecule is COc1c(Cl)cc(Cl)c(C)c1C(=O)O. The number of carboxylic acids is 1. The summed E-state index contributed by atoms with van der Waals surface area (Å²) in [5, 5.41) is 9.44. The lowest BCUT2D eigenvalue weighted by molar-refractivity contribution is 0.0692. The Bertz CT molecular complexity index is 388. The van der Waals surface area contributed by atoms with E-state index < -0.39 is 5.97 Å². The van der Waals surface area contributed by atoms with Gasteiger partial charge in [0.1, 0.15) is 5.56 Å². The van der Waals surface area contributed by atoms with Gasteiger partial charge in [-0.05, 0) is 18.6 Å². The predicted octanol–water partition coefficient (Wildman–Crippen LogP) is 3.01. The Balaban J connectivity index is 3.56. The summed E-state index contributed by atoms with van der Waals surface area (Å²) in [6.45, 7) is 1.60. The van der Waals surface area contributed by atoms with Gasteiger partial charge in [-0.2, -0.15) is 0 Å². The molecule has 0 fully saturated rings. The van der Waals surface area contributed by atoms with Gasteiger partial charge in [0.15, 0.2) is 5.75 Å². The maximum atomic E-state index is 10.9. The highest BCUT2D eigenvalue weighted by atomic mass is 35.5. The summed E-state index contributed by atoms with van der Waals surface area (Å²) in [6, 6.07) is 1.46. The average Bonchev–Trinajstić information content (AvgIpc) is 2.10. The number of hydrogen-bond donors (Lipinski definition) is 1. The van der Waals surface area contributed by atoms with Crippen LogP contribution >= 0.6 is 23.2 Å². The summed E-state index contributed by atoms with van der Waals surface area (Å²) < 4.78 is 4.90. The summed E-state index contributed by atoms with van der Waals surface area (Å²) in [5.41, 5.74) is 0.449. The first kappa shape index (κ1) is 11.1. The van der Waals surface area contributed by atoms with Crippen LogP contribution < -0.4 is 4.74 Å². The molecule has 0 aliphatic carbocycles. The quantitative estimate of drug-likeness (QED) is 0.856. The standard InChI is InChI=1S/C9H8Cl2O3/c1-4-5(10)3-6(11)8(14-2)7(4)9(12)13/h3H,1-2H3,(H,12,13). The van der Waals surface area contributed by atoms with E-state index in [0.717, 1.165) is 0 Å². The van der Waals surface area contributed by atoms with E-state index in [9.17, 15) is 4.79 Å². The van der Waals surface area contributed by atoms with Crippen molar-refractivity contribution in [3.8, 4) is 5.75 Å². The van der Waals surface area contributed by atoms with E-state index in [2.05, 4.69) is 0 Å². The van der Waals surface area contributed by atoms with E-state index in [0.29, 0.717) is 10.6 Å². The van der Waals surface area contributed by atoms with Gasteiger partial charge in [-0.3, -0.25) is 0 Å². The molecule has 0 spiro atoms. The van der Waals surface area contributed by atoms with Crippen LogP contribution in [0.3, 0.4) is 0 Å². The Labute approximate surface area is 91.2 Å².